The zero-order valence-electron chi connectivity index (χ0n) is 8.85. The molecular formula is C11H13N5. The molecule has 0 spiro atoms. The summed E-state index contributed by atoms with van der Waals surface area (Å²) in [6.07, 6.45) is 4.72. The fraction of sp³-hybridized carbons (Fsp3) is 0.273. The Morgan fingerprint density at radius 3 is 3.12 bits per heavy atom. The van der Waals surface area contributed by atoms with E-state index in [-0.39, 0.29) is 0 Å². The van der Waals surface area contributed by atoms with Gasteiger partial charge in [0.15, 0.2) is 5.82 Å². The SMILES string of the molecule is Nc1ncnn2c(C3=CCNCC3)ccc12. The van der Waals surface area contributed by atoms with E-state index >= 15 is 0 Å². The van der Waals surface area contributed by atoms with Crippen LogP contribution in [-0.4, -0.2) is 27.7 Å². The molecule has 1 aliphatic rings. The second kappa shape index (κ2) is 3.61. The number of anilines is 1. The van der Waals surface area contributed by atoms with Crippen molar-refractivity contribution in [3.8, 4) is 0 Å². The van der Waals surface area contributed by atoms with Gasteiger partial charge in [0.2, 0.25) is 0 Å². The molecule has 3 N–H and O–H groups in total. The maximum atomic E-state index is 5.80. The summed E-state index contributed by atoms with van der Waals surface area (Å²) in [7, 11) is 0. The van der Waals surface area contributed by atoms with E-state index in [2.05, 4.69) is 27.5 Å². The molecule has 5 heteroatoms. The van der Waals surface area contributed by atoms with Gasteiger partial charge in [0, 0.05) is 6.54 Å². The van der Waals surface area contributed by atoms with Gasteiger partial charge in [-0.1, -0.05) is 6.08 Å². The molecule has 3 heterocycles. The Bertz CT molecular complexity index is 555. The number of hydrogen-bond donors (Lipinski definition) is 2. The van der Waals surface area contributed by atoms with Crippen LogP contribution in [0.2, 0.25) is 0 Å². The van der Waals surface area contributed by atoms with E-state index in [0.29, 0.717) is 5.82 Å². The minimum absolute atomic E-state index is 0.524. The predicted octanol–water partition coefficient (Wildman–Crippen LogP) is 0.688. The molecule has 0 fully saturated rings. The number of hydrogen-bond acceptors (Lipinski definition) is 4. The molecule has 0 amide bonds. The van der Waals surface area contributed by atoms with Gasteiger partial charge in [-0.3, -0.25) is 0 Å². The van der Waals surface area contributed by atoms with E-state index in [4.69, 9.17) is 5.73 Å². The molecule has 0 bridgehead atoms. The fourth-order valence-electron chi connectivity index (χ4n) is 2.05. The number of nitrogen functional groups attached to an aromatic ring is 1. The van der Waals surface area contributed by atoms with E-state index in [9.17, 15) is 0 Å². The number of nitrogens with two attached hydrogens (primary N) is 1. The number of aromatic nitrogens is 3. The molecule has 0 unspecified atom stereocenters. The second-order valence-corrected chi connectivity index (χ2v) is 3.84. The van der Waals surface area contributed by atoms with Gasteiger partial charge in [-0.2, -0.15) is 5.10 Å². The summed E-state index contributed by atoms with van der Waals surface area (Å²) < 4.78 is 1.86. The molecule has 82 valence electrons. The number of nitrogens with one attached hydrogen (secondary N) is 1. The van der Waals surface area contributed by atoms with Crippen molar-refractivity contribution in [1.82, 2.24) is 19.9 Å². The van der Waals surface area contributed by atoms with Gasteiger partial charge in [0.05, 0.1) is 5.69 Å². The molecule has 0 saturated carbocycles. The summed E-state index contributed by atoms with van der Waals surface area (Å²) in [6, 6.07) is 4.02. The number of nitrogens with zero attached hydrogens (tertiary/aromatic N) is 3. The minimum atomic E-state index is 0.524. The Kier molecular flexibility index (Phi) is 2.11. The van der Waals surface area contributed by atoms with Crippen LogP contribution in [0.4, 0.5) is 5.82 Å². The molecule has 2 aromatic heterocycles. The van der Waals surface area contributed by atoms with Crippen molar-refractivity contribution < 1.29 is 0 Å². The first-order chi connectivity index (χ1) is 7.86. The van der Waals surface area contributed by atoms with Gasteiger partial charge in [-0.15, -0.1) is 0 Å². The maximum Gasteiger partial charge on any atom is 0.151 e. The number of fused-ring (bicyclic) bond motifs is 1. The first kappa shape index (κ1) is 9.35. The molecule has 0 aromatic carbocycles. The van der Waals surface area contributed by atoms with Gasteiger partial charge in [0.25, 0.3) is 0 Å². The third-order valence-corrected chi connectivity index (χ3v) is 2.87. The monoisotopic (exact) mass is 215 g/mol. The minimum Gasteiger partial charge on any atom is -0.382 e. The van der Waals surface area contributed by atoms with Crippen molar-refractivity contribution in [3.63, 3.8) is 0 Å². The Balaban J connectivity index is 2.17. The normalized spacial score (nSPS) is 16.4. The summed E-state index contributed by atoms with van der Waals surface area (Å²) >= 11 is 0. The summed E-state index contributed by atoms with van der Waals surface area (Å²) in [4.78, 5) is 3.98. The summed E-state index contributed by atoms with van der Waals surface area (Å²) in [5.41, 5.74) is 9.10. The average Bonchev–Trinajstić information content (AvgIpc) is 2.75. The maximum absolute atomic E-state index is 5.80. The van der Waals surface area contributed by atoms with Crippen molar-refractivity contribution in [2.45, 2.75) is 6.42 Å². The lowest BCUT2D eigenvalue weighted by Gasteiger charge is -2.13. The molecule has 0 saturated heterocycles. The van der Waals surface area contributed by atoms with Gasteiger partial charge in [-0.25, -0.2) is 9.50 Å². The van der Waals surface area contributed by atoms with E-state index in [0.717, 1.165) is 30.7 Å². The van der Waals surface area contributed by atoms with Crippen LogP contribution in [-0.2, 0) is 0 Å². The molecule has 1 aliphatic heterocycles. The van der Waals surface area contributed by atoms with Crippen molar-refractivity contribution in [1.29, 1.82) is 0 Å². The van der Waals surface area contributed by atoms with Crippen molar-refractivity contribution in [2.24, 2.45) is 0 Å². The predicted molar refractivity (Wildman–Crippen MR) is 62.9 cm³/mol. The average molecular weight is 215 g/mol. The third-order valence-electron chi connectivity index (χ3n) is 2.87. The van der Waals surface area contributed by atoms with Crippen LogP contribution in [0.25, 0.3) is 11.1 Å². The van der Waals surface area contributed by atoms with E-state index in [1.165, 1.54) is 11.9 Å². The van der Waals surface area contributed by atoms with E-state index in [1.54, 1.807) is 0 Å². The quantitative estimate of drug-likeness (QED) is 0.734. The molecule has 16 heavy (non-hydrogen) atoms. The highest BCUT2D eigenvalue weighted by Gasteiger charge is 2.11. The largest absolute Gasteiger partial charge is 0.382 e. The highest BCUT2D eigenvalue weighted by molar-refractivity contribution is 5.73. The Morgan fingerprint density at radius 1 is 1.38 bits per heavy atom. The fourth-order valence-corrected chi connectivity index (χ4v) is 2.05. The zero-order valence-corrected chi connectivity index (χ0v) is 8.85. The summed E-state index contributed by atoms with van der Waals surface area (Å²) in [6.45, 7) is 1.93. The molecule has 0 radical (unpaired) electrons. The van der Waals surface area contributed by atoms with Crippen LogP contribution < -0.4 is 11.1 Å². The zero-order chi connectivity index (χ0) is 11.0. The highest BCUT2D eigenvalue weighted by Crippen LogP contribution is 2.23. The highest BCUT2D eigenvalue weighted by atomic mass is 15.3. The van der Waals surface area contributed by atoms with Crippen LogP contribution in [0.1, 0.15) is 12.1 Å². The molecule has 3 rings (SSSR count). The standard InChI is InChI=1S/C11H13N5/c12-11-10-2-1-9(16(10)15-7-14-11)8-3-5-13-6-4-8/h1-3,7,13H,4-6H2,(H2,12,14,15). The van der Waals surface area contributed by atoms with Crippen LogP contribution in [0.3, 0.4) is 0 Å². The Hall–Kier alpha value is -1.88. The van der Waals surface area contributed by atoms with Crippen LogP contribution in [0, 0.1) is 0 Å². The lowest BCUT2D eigenvalue weighted by atomic mass is 10.1. The molecule has 2 aromatic rings. The van der Waals surface area contributed by atoms with Crippen molar-refractivity contribution in [3.05, 3.63) is 30.2 Å². The second-order valence-electron chi connectivity index (χ2n) is 3.84. The van der Waals surface area contributed by atoms with E-state index in [1.807, 2.05) is 10.6 Å². The molecule has 5 nitrogen and oxygen atoms in total. The van der Waals surface area contributed by atoms with Gasteiger partial charge < -0.3 is 11.1 Å². The number of rotatable bonds is 1. The van der Waals surface area contributed by atoms with Crippen LogP contribution in [0.5, 0.6) is 0 Å². The third kappa shape index (κ3) is 1.37. The topological polar surface area (TPSA) is 68.2 Å². The smallest absolute Gasteiger partial charge is 0.151 e. The Morgan fingerprint density at radius 2 is 2.31 bits per heavy atom. The van der Waals surface area contributed by atoms with Crippen molar-refractivity contribution in [2.75, 3.05) is 18.8 Å². The summed E-state index contributed by atoms with van der Waals surface area (Å²) in [5, 5.41) is 7.53. The first-order valence-electron chi connectivity index (χ1n) is 5.34. The Labute approximate surface area is 93.0 Å². The van der Waals surface area contributed by atoms with Crippen molar-refractivity contribution >= 4 is 16.9 Å². The van der Waals surface area contributed by atoms with E-state index < -0.39 is 0 Å². The lowest BCUT2D eigenvalue weighted by molar-refractivity contribution is 0.733. The van der Waals surface area contributed by atoms with Crippen LogP contribution >= 0.6 is 0 Å². The van der Waals surface area contributed by atoms with Gasteiger partial charge in [0.1, 0.15) is 11.8 Å². The lowest BCUT2D eigenvalue weighted by Crippen LogP contribution is -2.20. The first-order valence-corrected chi connectivity index (χ1v) is 5.34. The summed E-state index contributed by atoms with van der Waals surface area (Å²) in [5.74, 6) is 0.524. The van der Waals surface area contributed by atoms with Crippen LogP contribution in [0.15, 0.2) is 24.5 Å². The molecular weight excluding hydrogens is 202 g/mol. The molecule has 0 atom stereocenters. The molecule has 0 aliphatic carbocycles. The van der Waals surface area contributed by atoms with Gasteiger partial charge in [-0.05, 0) is 30.7 Å². The van der Waals surface area contributed by atoms with Gasteiger partial charge >= 0.3 is 0 Å².